The van der Waals surface area contributed by atoms with E-state index in [2.05, 4.69) is 11.8 Å². The molecule has 0 aromatic heterocycles. The molecule has 1 saturated carbocycles. The zero-order valence-corrected chi connectivity index (χ0v) is 10.2. The summed E-state index contributed by atoms with van der Waals surface area (Å²) in [5.41, 5.74) is 0. The lowest BCUT2D eigenvalue weighted by molar-refractivity contribution is -0.142. The van der Waals surface area contributed by atoms with Crippen molar-refractivity contribution >= 4 is 5.97 Å². The van der Waals surface area contributed by atoms with Crippen molar-refractivity contribution in [2.75, 3.05) is 6.54 Å². The molecule has 0 spiro atoms. The van der Waals surface area contributed by atoms with E-state index in [-0.39, 0.29) is 12.0 Å². The predicted octanol–water partition coefficient (Wildman–Crippen LogP) is 2.50. The quantitative estimate of drug-likeness (QED) is 0.734. The molecule has 0 aromatic carbocycles. The van der Waals surface area contributed by atoms with Gasteiger partial charge in [0.15, 0.2) is 0 Å². The van der Waals surface area contributed by atoms with Crippen LogP contribution in [0.2, 0.25) is 0 Å². The molecule has 2 unspecified atom stereocenters. The van der Waals surface area contributed by atoms with Crippen molar-refractivity contribution in [1.29, 1.82) is 0 Å². The molecule has 1 saturated heterocycles. The number of rotatable bonds is 2. The van der Waals surface area contributed by atoms with Crippen LogP contribution in [0.4, 0.5) is 0 Å². The summed E-state index contributed by atoms with van der Waals surface area (Å²) in [7, 11) is 0. The van der Waals surface area contributed by atoms with Gasteiger partial charge >= 0.3 is 5.97 Å². The fourth-order valence-corrected chi connectivity index (χ4v) is 3.40. The number of likely N-dealkylation sites (tertiary alicyclic amines) is 1. The van der Waals surface area contributed by atoms with E-state index in [1.54, 1.807) is 0 Å². The topological polar surface area (TPSA) is 40.5 Å². The van der Waals surface area contributed by atoms with Crippen molar-refractivity contribution in [1.82, 2.24) is 4.90 Å². The standard InChI is InChI=1S/C13H23NO2/c1-10-12(13(15)16)8-9-14(10)11-6-4-2-3-5-7-11/h10-12H,2-9H2,1H3,(H,15,16). The Balaban J connectivity index is 1.96. The lowest BCUT2D eigenvalue weighted by Crippen LogP contribution is -2.40. The predicted molar refractivity (Wildman–Crippen MR) is 63.4 cm³/mol. The molecule has 0 aromatic rings. The maximum Gasteiger partial charge on any atom is 0.308 e. The van der Waals surface area contributed by atoms with Gasteiger partial charge in [-0.05, 0) is 32.7 Å². The molecule has 2 rings (SSSR count). The first-order valence-corrected chi connectivity index (χ1v) is 6.68. The molecule has 2 fully saturated rings. The molecule has 3 nitrogen and oxygen atoms in total. The van der Waals surface area contributed by atoms with Crippen molar-refractivity contribution in [3.63, 3.8) is 0 Å². The van der Waals surface area contributed by atoms with Crippen LogP contribution < -0.4 is 0 Å². The summed E-state index contributed by atoms with van der Waals surface area (Å²) in [5, 5.41) is 9.13. The monoisotopic (exact) mass is 225 g/mol. The minimum Gasteiger partial charge on any atom is -0.481 e. The van der Waals surface area contributed by atoms with Crippen LogP contribution in [0, 0.1) is 5.92 Å². The molecule has 3 heteroatoms. The third kappa shape index (κ3) is 2.40. The Bertz CT molecular complexity index is 246. The molecule has 1 N–H and O–H groups in total. The average molecular weight is 225 g/mol. The van der Waals surface area contributed by atoms with Gasteiger partial charge in [-0.15, -0.1) is 0 Å². The van der Waals surface area contributed by atoms with Gasteiger partial charge in [0.1, 0.15) is 0 Å². The Hall–Kier alpha value is -0.570. The molecule has 0 amide bonds. The average Bonchev–Trinajstić information content (AvgIpc) is 2.50. The van der Waals surface area contributed by atoms with E-state index in [0.29, 0.717) is 6.04 Å². The molecule has 1 heterocycles. The third-order valence-electron chi connectivity index (χ3n) is 4.41. The first kappa shape index (κ1) is 11.9. The molecular weight excluding hydrogens is 202 g/mol. The molecule has 2 aliphatic rings. The Morgan fingerprint density at radius 1 is 1.12 bits per heavy atom. The van der Waals surface area contributed by atoms with Gasteiger partial charge in [0.2, 0.25) is 0 Å². The fourth-order valence-electron chi connectivity index (χ4n) is 3.40. The van der Waals surface area contributed by atoms with Crippen molar-refractivity contribution < 1.29 is 9.90 Å². The largest absolute Gasteiger partial charge is 0.481 e. The van der Waals surface area contributed by atoms with E-state index < -0.39 is 5.97 Å². The van der Waals surface area contributed by atoms with E-state index in [4.69, 9.17) is 5.11 Å². The Labute approximate surface area is 97.8 Å². The van der Waals surface area contributed by atoms with Crippen molar-refractivity contribution in [2.45, 2.75) is 64.0 Å². The number of carboxylic acid groups (broad SMARTS) is 1. The summed E-state index contributed by atoms with van der Waals surface area (Å²) in [6, 6.07) is 0.891. The van der Waals surface area contributed by atoms with Crippen LogP contribution in [0.1, 0.15) is 51.9 Å². The Kier molecular flexibility index (Phi) is 3.85. The molecule has 1 aliphatic heterocycles. The van der Waals surface area contributed by atoms with Gasteiger partial charge < -0.3 is 5.11 Å². The number of carboxylic acids is 1. The van der Waals surface area contributed by atoms with Crippen molar-refractivity contribution in [2.24, 2.45) is 5.92 Å². The van der Waals surface area contributed by atoms with Crippen LogP contribution in [0.5, 0.6) is 0 Å². The second-order valence-corrected chi connectivity index (χ2v) is 5.36. The second-order valence-electron chi connectivity index (χ2n) is 5.36. The summed E-state index contributed by atoms with van der Waals surface area (Å²) in [6.07, 6.45) is 8.76. The van der Waals surface area contributed by atoms with Crippen LogP contribution in [-0.4, -0.2) is 34.6 Å². The smallest absolute Gasteiger partial charge is 0.308 e. The van der Waals surface area contributed by atoms with Crippen molar-refractivity contribution in [3.05, 3.63) is 0 Å². The summed E-state index contributed by atoms with van der Waals surface area (Å²) in [5.74, 6) is -0.744. The van der Waals surface area contributed by atoms with Crippen LogP contribution in [0.25, 0.3) is 0 Å². The highest BCUT2D eigenvalue weighted by Crippen LogP contribution is 2.31. The number of nitrogens with zero attached hydrogens (tertiary/aromatic N) is 1. The van der Waals surface area contributed by atoms with E-state index in [0.717, 1.165) is 13.0 Å². The first-order valence-electron chi connectivity index (χ1n) is 6.68. The van der Waals surface area contributed by atoms with E-state index in [1.165, 1.54) is 38.5 Å². The maximum absolute atomic E-state index is 11.1. The molecule has 2 atom stereocenters. The highest BCUT2D eigenvalue weighted by atomic mass is 16.4. The summed E-state index contributed by atoms with van der Waals surface area (Å²) in [4.78, 5) is 13.5. The van der Waals surface area contributed by atoms with Crippen LogP contribution in [0.15, 0.2) is 0 Å². The zero-order chi connectivity index (χ0) is 11.5. The minimum atomic E-state index is -0.608. The Morgan fingerprint density at radius 3 is 2.25 bits per heavy atom. The van der Waals surface area contributed by atoms with E-state index in [1.807, 2.05) is 0 Å². The van der Waals surface area contributed by atoms with Gasteiger partial charge in [0.05, 0.1) is 5.92 Å². The summed E-state index contributed by atoms with van der Waals surface area (Å²) >= 11 is 0. The molecule has 16 heavy (non-hydrogen) atoms. The SMILES string of the molecule is CC1C(C(=O)O)CCN1C1CCCCCC1. The number of aliphatic carboxylic acids is 1. The highest BCUT2D eigenvalue weighted by molar-refractivity contribution is 5.71. The third-order valence-corrected chi connectivity index (χ3v) is 4.41. The van der Waals surface area contributed by atoms with Gasteiger partial charge in [-0.2, -0.15) is 0 Å². The fraction of sp³-hybridized carbons (Fsp3) is 0.923. The number of carbonyl (C=O) groups is 1. The van der Waals surface area contributed by atoms with Crippen molar-refractivity contribution in [3.8, 4) is 0 Å². The van der Waals surface area contributed by atoms with Gasteiger partial charge in [0, 0.05) is 12.1 Å². The lowest BCUT2D eigenvalue weighted by Gasteiger charge is -2.31. The van der Waals surface area contributed by atoms with Gasteiger partial charge in [-0.25, -0.2) is 0 Å². The maximum atomic E-state index is 11.1. The first-order chi connectivity index (χ1) is 7.70. The number of hydrogen-bond donors (Lipinski definition) is 1. The Morgan fingerprint density at radius 2 is 1.75 bits per heavy atom. The van der Waals surface area contributed by atoms with Crippen LogP contribution >= 0.6 is 0 Å². The molecule has 0 bridgehead atoms. The van der Waals surface area contributed by atoms with Gasteiger partial charge in [-0.1, -0.05) is 25.7 Å². The molecule has 1 aliphatic carbocycles. The van der Waals surface area contributed by atoms with E-state index in [9.17, 15) is 4.79 Å². The molecule has 92 valence electrons. The zero-order valence-electron chi connectivity index (χ0n) is 10.2. The second kappa shape index (κ2) is 5.17. The normalized spacial score (nSPS) is 33.8. The van der Waals surface area contributed by atoms with E-state index >= 15 is 0 Å². The molecular formula is C13H23NO2. The summed E-state index contributed by atoms with van der Waals surface area (Å²) in [6.45, 7) is 3.08. The minimum absolute atomic E-state index is 0.136. The van der Waals surface area contributed by atoms with Crippen LogP contribution in [0.3, 0.4) is 0 Å². The van der Waals surface area contributed by atoms with Gasteiger partial charge in [-0.3, -0.25) is 9.69 Å². The molecule has 0 radical (unpaired) electrons. The lowest BCUT2D eigenvalue weighted by atomic mass is 10.0. The number of hydrogen-bond acceptors (Lipinski definition) is 2. The highest BCUT2D eigenvalue weighted by Gasteiger charge is 2.38. The summed E-state index contributed by atoms with van der Waals surface area (Å²) < 4.78 is 0. The van der Waals surface area contributed by atoms with Gasteiger partial charge in [0.25, 0.3) is 0 Å². The van der Waals surface area contributed by atoms with Crippen LogP contribution in [-0.2, 0) is 4.79 Å².